The van der Waals surface area contributed by atoms with Gasteiger partial charge in [0.2, 0.25) is 0 Å². The highest BCUT2D eigenvalue weighted by atomic mass is 16.5. The normalized spacial score (nSPS) is 19.8. The minimum atomic E-state index is -0.805. The van der Waals surface area contributed by atoms with Crippen LogP contribution >= 0.6 is 0 Å². The molecule has 0 bridgehead atoms. The van der Waals surface area contributed by atoms with Crippen LogP contribution in [0.5, 0.6) is 0 Å². The van der Waals surface area contributed by atoms with E-state index in [0.29, 0.717) is 12.4 Å². The first-order chi connectivity index (χ1) is 11.4. The summed E-state index contributed by atoms with van der Waals surface area (Å²) in [4.78, 5) is 45.3. The summed E-state index contributed by atoms with van der Waals surface area (Å²) in [6, 6.07) is -0.630. The van der Waals surface area contributed by atoms with Crippen molar-refractivity contribution in [3.05, 3.63) is 36.3 Å². The maximum absolute atomic E-state index is 11.5. The fourth-order valence-electron chi connectivity index (χ4n) is 1.77. The van der Waals surface area contributed by atoms with Crippen molar-refractivity contribution in [3.63, 3.8) is 0 Å². The van der Waals surface area contributed by atoms with Gasteiger partial charge < -0.3 is 30.7 Å². The lowest BCUT2D eigenvalue weighted by Crippen LogP contribution is -2.36. The van der Waals surface area contributed by atoms with E-state index in [0.717, 1.165) is 12.2 Å². The molecule has 1 saturated heterocycles. The van der Waals surface area contributed by atoms with Gasteiger partial charge in [0, 0.05) is 24.9 Å². The Kier molecular flexibility index (Phi) is 5.55. The molecular weight excluding hydrogens is 320 g/mol. The second-order valence-corrected chi connectivity index (χ2v) is 4.87. The zero-order valence-electron chi connectivity index (χ0n) is 12.6. The van der Waals surface area contributed by atoms with E-state index in [1.165, 1.54) is 6.20 Å². The number of amides is 3. The first-order valence-electron chi connectivity index (χ1n) is 6.96. The van der Waals surface area contributed by atoms with Crippen LogP contribution in [0.3, 0.4) is 0 Å². The monoisotopic (exact) mass is 336 g/mol. The Balaban J connectivity index is 1.68. The highest BCUT2D eigenvalue weighted by Crippen LogP contribution is 2.02. The molecule has 2 heterocycles. The second-order valence-electron chi connectivity index (χ2n) is 4.87. The number of carbonyl (C=O) groups is 4. The smallest absolute Gasteiger partial charge is 0.331 e. The molecule has 10 nitrogen and oxygen atoms in total. The van der Waals surface area contributed by atoms with Crippen LogP contribution in [0.2, 0.25) is 0 Å². The van der Waals surface area contributed by atoms with E-state index >= 15 is 0 Å². The molecule has 2 aliphatic rings. The summed E-state index contributed by atoms with van der Waals surface area (Å²) in [6.07, 6.45) is 3.17. The number of hydrogen-bond acceptors (Lipinski definition) is 7. The summed E-state index contributed by atoms with van der Waals surface area (Å²) in [5.41, 5.74) is 0.205. The SMILES string of the molecule is C=C1NC=C(COC(=O)/C=C/C(=O)OCC2CNC(=O)N2)C(=O)N1. The molecule has 1 atom stereocenters. The van der Waals surface area contributed by atoms with Crippen LogP contribution in [0.25, 0.3) is 0 Å². The van der Waals surface area contributed by atoms with E-state index in [1.807, 2.05) is 0 Å². The summed E-state index contributed by atoms with van der Waals surface area (Å²) in [7, 11) is 0. The summed E-state index contributed by atoms with van der Waals surface area (Å²) < 4.78 is 9.69. The average molecular weight is 336 g/mol. The van der Waals surface area contributed by atoms with Crippen LogP contribution in [0.4, 0.5) is 4.79 Å². The number of hydrogen-bond donors (Lipinski definition) is 4. The Morgan fingerprint density at radius 1 is 1.25 bits per heavy atom. The Morgan fingerprint density at radius 2 is 1.96 bits per heavy atom. The Hall–Kier alpha value is -3.30. The minimum absolute atomic E-state index is 0.0143. The van der Waals surface area contributed by atoms with E-state index < -0.39 is 17.8 Å². The van der Waals surface area contributed by atoms with Gasteiger partial charge in [-0.25, -0.2) is 14.4 Å². The number of nitrogens with one attached hydrogen (secondary N) is 4. The highest BCUT2D eigenvalue weighted by molar-refractivity contribution is 5.96. The highest BCUT2D eigenvalue weighted by Gasteiger charge is 2.21. The molecular formula is C14H16N4O6. The molecule has 3 amide bonds. The summed E-state index contributed by atoms with van der Waals surface area (Å²) in [6.45, 7) is 3.59. The topological polar surface area (TPSA) is 135 Å². The number of ether oxygens (including phenoxy) is 2. The first kappa shape index (κ1) is 17.1. The van der Waals surface area contributed by atoms with E-state index in [2.05, 4.69) is 27.8 Å². The minimum Gasteiger partial charge on any atom is -0.460 e. The summed E-state index contributed by atoms with van der Waals surface area (Å²) >= 11 is 0. The van der Waals surface area contributed by atoms with Crippen molar-refractivity contribution in [2.45, 2.75) is 6.04 Å². The Labute approximate surface area is 136 Å². The lowest BCUT2D eigenvalue weighted by molar-refractivity contribution is -0.140. The van der Waals surface area contributed by atoms with Crippen LogP contribution in [0.15, 0.2) is 36.3 Å². The second kappa shape index (κ2) is 7.81. The Morgan fingerprint density at radius 3 is 2.58 bits per heavy atom. The van der Waals surface area contributed by atoms with Gasteiger partial charge in [-0.3, -0.25) is 4.79 Å². The molecule has 10 heteroatoms. The van der Waals surface area contributed by atoms with Gasteiger partial charge in [0.1, 0.15) is 19.0 Å². The number of carbonyl (C=O) groups excluding carboxylic acids is 4. The van der Waals surface area contributed by atoms with Crippen LogP contribution < -0.4 is 21.3 Å². The lowest BCUT2D eigenvalue weighted by Gasteiger charge is -2.16. The van der Waals surface area contributed by atoms with E-state index in [9.17, 15) is 19.2 Å². The van der Waals surface area contributed by atoms with Gasteiger partial charge in [-0.15, -0.1) is 0 Å². The first-order valence-corrected chi connectivity index (χ1v) is 6.96. The van der Waals surface area contributed by atoms with Crippen molar-refractivity contribution in [3.8, 4) is 0 Å². The fraction of sp³-hybridized carbons (Fsp3) is 0.286. The molecule has 0 aliphatic carbocycles. The molecule has 0 aromatic carbocycles. The van der Waals surface area contributed by atoms with E-state index in [1.54, 1.807) is 0 Å². The molecule has 2 aliphatic heterocycles. The van der Waals surface area contributed by atoms with Gasteiger partial charge in [-0.05, 0) is 0 Å². The van der Waals surface area contributed by atoms with Gasteiger partial charge in [0.25, 0.3) is 5.91 Å². The van der Waals surface area contributed by atoms with Crippen molar-refractivity contribution in [1.82, 2.24) is 21.3 Å². The lowest BCUT2D eigenvalue weighted by atomic mass is 10.2. The van der Waals surface area contributed by atoms with Gasteiger partial charge >= 0.3 is 18.0 Å². The standard InChI is InChI=1S/C14H16N4O6/c1-8-15-4-9(13(21)17-8)6-23-11(19)2-3-12(20)24-7-10-5-16-14(22)18-10/h2-4,10,15H,1,5-7H2,(H,17,21)(H2,16,18,22)/b3-2+. The van der Waals surface area contributed by atoms with E-state index in [-0.39, 0.29) is 30.9 Å². The molecule has 2 rings (SSSR count). The molecule has 128 valence electrons. The molecule has 0 radical (unpaired) electrons. The van der Waals surface area contributed by atoms with Crippen molar-refractivity contribution in [2.24, 2.45) is 0 Å². The third-order valence-corrected chi connectivity index (χ3v) is 2.97. The van der Waals surface area contributed by atoms with Gasteiger partial charge in [0.05, 0.1) is 11.6 Å². The third kappa shape index (κ3) is 5.16. The van der Waals surface area contributed by atoms with Crippen molar-refractivity contribution < 1.29 is 28.7 Å². The van der Waals surface area contributed by atoms with Crippen LogP contribution in [-0.2, 0) is 23.9 Å². The summed E-state index contributed by atoms with van der Waals surface area (Å²) in [5, 5.41) is 10.1. The summed E-state index contributed by atoms with van der Waals surface area (Å²) in [5.74, 6) is -1.66. The van der Waals surface area contributed by atoms with Gasteiger partial charge in [-0.1, -0.05) is 6.58 Å². The third-order valence-electron chi connectivity index (χ3n) is 2.97. The van der Waals surface area contributed by atoms with Crippen LogP contribution in [0.1, 0.15) is 0 Å². The van der Waals surface area contributed by atoms with Gasteiger partial charge in [0.15, 0.2) is 0 Å². The zero-order valence-corrected chi connectivity index (χ0v) is 12.6. The molecule has 24 heavy (non-hydrogen) atoms. The predicted molar refractivity (Wildman–Crippen MR) is 79.9 cm³/mol. The van der Waals surface area contributed by atoms with Crippen molar-refractivity contribution in [2.75, 3.05) is 19.8 Å². The van der Waals surface area contributed by atoms with Crippen molar-refractivity contribution in [1.29, 1.82) is 0 Å². The fourth-order valence-corrected chi connectivity index (χ4v) is 1.77. The quantitative estimate of drug-likeness (QED) is 0.338. The molecule has 4 N–H and O–H groups in total. The molecule has 0 saturated carbocycles. The van der Waals surface area contributed by atoms with Crippen LogP contribution in [0, 0.1) is 0 Å². The molecule has 1 fully saturated rings. The average Bonchev–Trinajstić information content (AvgIpc) is 2.95. The molecule has 1 unspecified atom stereocenters. The van der Waals surface area contributed by atoms with Crippen LogP contribution in [-0.4, -0.2) is 49.7 Å². The molecule has 0 aromatic rings. The maximum atomic E-state index is 11.5. The van der Waals surface area contributed by atoms with E-state index in [4.69, 9.17) is 9.47 Å². The molecule has 0 aromatic heterocycles. The molecule has 0 spiro atoms. The largest absolute Gasteiger partial charge is 0.460 e. The van der Waals surface area contributed by atoms with Gasteiger partial charge in [-0.2, -0.15) is 0 Å². The number of urea groups is 1. The van der Waals surface area contributed by atoms with Crippen molar-refractivity contribution >= 4 is 23.9 Å². The number of rotatable bonds is 6. The number of esters is 2. The zero-order chi connectivity index (χ0) is 17.5. The predicted octanol–water partition coefficient (Wildman–Crippen LogP) is -1.62. The Bertz CT molecular complexity index is 639. The maximum Gasteiger partial charge on any atom is 0.331 e.